The first kappa shape index (κ1) is 36.1. The monoisotopic (exact) mass is 733 g/mol. The minimum atomic E-state index is 0.660. The molecule has 1 heterocycles. The maximum Gasteiger partial charge on any atom is 0.0473 e. The number of nitrogens with zero attached hydrogens (tertiary/aromatic N) is 2. The molecule has 0 N–H and O–H groups in total. The predicted molar refractivity (Wildman–Crippen MR) is 225 cm³/mol. The summed E-state index contributed by atoms with van der Waals surface area (Å²) < 4.78 is 0. The summed E-state index contributed by atoms with van der Waals surface area (Å²) in [5.74, 6) is 12.1. The van der Waals surface area contributed by atoms with Crippen molar-refractivity contribution in [3.63, 3.8) is 0 Å². The number of fused-ring (bicyclic) bond motifs is 11. The molecule has 2 nitrogen and oxygen atoms in total. The molecule has 7 unspecified atom stereocenters. The topological polar surface area (TPSA) is 6.48 Å². The van der Waals surface area contributed by atoms with Crippen molar-refractivity contribution in [1.29, 1.82) is 0 Å². The van der Waals surface area contributed by atoms with Crippen LogP contribution in [0.15, 0.2) is 36.1 Å². The number of likely N-dealkylation sites (tertiary alicyclic amines) is 1. The number of hydrogen-bond donors (Lipinski definition) is 0. The second-order valence-corrected chi connectivity index (χ2v) is 22.2. The highest BCUT2D eigenvalue weighted by Gasteiger charge is 2.58. The zero-order valence-corrected chi connectivity index (χ0v) is 34.6. The van der Waals surface area contributed by atoms with Crippen LogP contribution in [-0.2, 0) is 0 Å². The van der Waals surface area contributed by atoms with Crippen molar-refractivity contribution in [3.05, 3.63) is 36.1 Å². The molecular weight excluding hydrogens is 653 g/mol. The van der Waals surface area contributed by atoms with E-state index < -0.39 is 0 Å². The van der Waals surface area contributed by atoms with Gasteiger partial charge in [-0.1, -0.05) is 88.2 Å². The fourth-order valence-electron chi connectivity index (χ4n) is 18.2. The second kappa shape index (κ2) is 15.6. The van der Waals surface area contributed by atoms with Crippen molar-refractivity contribution in [2.75, 3.05) is 0 Å². The van der Waals surface area contributed by atoms with Crippen LogP contribution >= 0.6 is 0 Å². The highest BCUT2D eigenvalue weighted by molar-refractivity contribution is 5.20. The number of rotatable bonds is 5. The molecule has 0 spiro atoms. The molecule has 11 aliphatic rings. The Morgan fingerprint density at radius 1 is 0.481 bits per heavy atom. The van der Waals surface area contributed by atoms with E-state index in [1.54, 1.807) is 44.9 Å². The minimum Gasteiger partial charge on any atom is -0.366 e. The van der Waals surface area contributed by atoms with Gasteiger partial charge in [0.25, 0.3) is 0 Å². The molecule has 11 rings (SSSR count). The Balaban J connectivity index is 0.912. The van der Waals surface area contributed by atoms with E-state index in [0.29, 0.717) is 6.04 Å². The third kappa shape index (κ3) is 6.41. The Morgan fingerprint density at radius 2 is 1.19 bits per heavy atom. The van der Waals surface area contributed by atoms with E-state index in [1.165, 1.54) is 141 Å². The Bertz CT molecular complexity index is 1390. The maximum atomic E-state index is 3.33. The van der Waals surface area contributed by atoms with Gasteiger partial charge in [0.05, 0.1) is 0 Å². The van der Waals surface area contributed by atoms with Gasteiger partial charge in [-0.3, -0.25) is 4.90 Å². The van der Waals surface area contributed by atoms with Crippen molar-refractivity contribution in [2.24, 2.45) is 71.0 Å². The van der Waals surface area contributed by atoms with Gasteiger partial charge in [0.1, 0.15) is 0 Å². The van der Waals surface area contributed by atoms with E-state index in [4.69, 9.17) is 0 Å². The minimum absolute atomic E-state index is 0.660. The van der Waals surface area contributed by atoms with Gasteiger partial charge in [-0.2, -0.15) is 0 Å². The Hall–Kier alpha value is -1.02. The molecule has 0 aromatic heterocycles. The molecule has 2 heteroatoms. The fourth-order valence-corrected chi connectivity index (χ4v) is 18.2. The van der Waals surface area contributed by atoms with E-state index in [2.05, 4.69) is 40.2 Å². The van der Waals surface area contributed by atoms with Crippen LogP contribution in [0, 0.1) is 71.0 Å². The van der Waals surface area contributed by atoms with Crippen LogP contribution in [0.2, 0.25) is 0 Å². The van der Waals surface area contributed by atoms with Gasteiger partial charge in [-0.15, -0.1) is 0 Å². The molecule has 16 atom stereocenters. The van der Waals surface area contributed by atoms with Crippen LogP contribution in [0.3, 0.4) is 0 Å². The van der Waals surface area contributed by atoms with E-state index in [1.807, 2.05) is 5.70 Å². The lowest BCUT2D eigenvalue weighted by molar-refractivity contribution is -0.0693. The van der Waals surface area contributed by atoms with Crippen LogP contribution in [0.5, 0.6) is 0 Å². The van der Waals surface area contributed by atoms with Crippen molar-refractivity contribution in [3.8, 4) is 0 Å². The lowest BCUT2D eigenvalue weighted by Gasteiger charge is -2.58. The molecule has 0 aromatic carbocycles. The zero-order chi connectivity index (χ0) is 35.6. The largest absolute Gasteiger partial charge is 0.366 e. The Labute approximate surface area is 332 Å². The summed E-state index contributed by atoms with van der Waals surface area (Å²) in [6, 6.07) is 4.07. The molecular formula is C52H80N2. The quantitative estimate of drug-likeness (QED) is 0.260. The van der Waals surface area contributed by atoms with Crippen LogP contribution in [0.4, 0.5) is 0 Å². The summed E-state index contributed by atoms with van der Waals surface area (Å²) in [6.07, 6.45) is 57.2. The van der Waals surface area contributed by atoms with Gasteiger partial charge in [0.15, 0.2) is 0 Å². The van der Waals surface area contributed by atoms with Gasteiger partial charge in [-0.25, -0.2) is 0 Å². The molecule has 0 bridgehead atoms. The van der Waals surface area contributed by atoms with Crippen molar-refractivity contribution in [1.82, 2.24) is 9.80 Å². The summed E-state index contributed by atoms with van der Waals surface area (Å²) >= 11 is 0. The molecule has 10 aliphatic carbocycles. The van der Waals surface area contributed by atoms with Crippen LogP contribution in [0.1, 0.15) is 186 Å². The molecule has 298 valence electrons. The predicted octanol–water partition coefficient (Wildman–Crippen LogP) is 13.3. The summed E-state index contributed by atoms with van der Waals surface area (Å²) in [4.78, 5) is 6.59. The average Bonchev–Trinajstić information content (AvgIpc) is 3.60. The number of hydrogen-bond acceptors (Lipinski definition) is 2. The van der Waals surface area contributed by atoms with E-state index in [9.17, 15) is 0 Å². The lowest BCUT2D eigenvalue weighted by atomic mass is 9.48. The lowest BCUT2D eigenvalue weighted by Crippen LogP contribution is -2.56. The van der Waals surface area contributed by atoms with Crippen LogP contribution < -0.4 is 0 Å². The summed E-state index contributed by atoms with van der Waals surface area (Å²) in [5, 5.41) is 0. The molecule has 7 saturated carbocycles. The Kier molecular flexibility index (Phi) is 10.4. The second-order valence-electron chi connectivity index (χ2n) is 22.2. The third-order valence-corrected chi connectivity index (χ3v) is 20.2. The first-order chi connectivity index (χ1) is 26.8. The summed E-state index contributed by atoms with van der Waals surface area (Å²) in [7, 11) is 0. The zero-order valence-electron chi connectivity index (χ0n) is 34.6. The average molecular weight is 733 g/mol. The molecule has 0 amide bonds. The molecule has 1 aliphatic heterocycles. The number of allylic oxidation sites excluding steroid dienone is 4. The van der Waals surface area contributed by atoms with Gasteiger partial charge < -0.3 is 4.90 Å². The van der Waals surface area contributed by atoms with Crippen LogP contribution in [-0.4, -0.2) is 40.0 Å². The van der Waals surface area contributed by atoms with Gasteiger partial charge >= 0.3 is 0 Å². The van der Waals surface area contributed by atoms with E-state index in [-0.39, 0.29) is 0 Å². The molecule has 0 aromatic rings. The smallest absolute Gasteiger partial charge is 0.0473 e. The summed E-state index contributed by atoms with van der Waals surface area (Å²) in [6.45, 7) is 0. The Morgan fingerprint density at radius 3 is 1.93 bits per heavy atom. The maximum absolute atomic E-state index is 3.33. The van der Waals surface area contributed by atoms with Gasteiger partial charge in [0.2, 0.25) is 0 Å². The standard InChI is InChI=1S/C52H80N2/c1-3-13-35(14-4-1)36-23-27-39(28-24-36)53(41-30-32-46-44-19-8-7-17-42(44)43-18-9-10-20-45(43)50(46)34-41)40-29-25-37-26-31-48-47-21-11-12-22-51(47)54(52(48)49(37)33-40)38-15-5-2-6-16-38/h2,5,23,27,30,35-40,42-52H,1,3-4,6-22,24-26,28-29,31-34H2/t36-,37+,38?,39?,40+,42-,43?,44-,45+,46-,47-,48?,49+,50?,51?,52?/m0/s1. The normalized spacial score (nSPS) is 49.4. The first-order valence-corrected chi connectivity index (χ1v) is 25.4. The van der Waals surface area contributed by atoms with Crippen LogP contribution in [0.25, 0.3) is 0 Å². The van der Waals surface area contributed by atoms with E-state index >= 15 is 0 Å². The molecule has 8 fully saturated rings. The van der Waals surface area contributed by atoms with Gasteiger partial charge in [-0.05, 0) is 199 Å². The highest BCUT2D eigenvalue weighted by Crippen LogP contribution is 2.61. The van der Waals surface area contributed by atoms with E-state index in [0.717, 1.165) is 95.2 Å². The van der Waals surface area contributed by atoms with Crippen molar-refractivity contribution >= 4 is 0 Å². The molecule has 54 heavy (non-hydrogen) atoms. The van der Waals surface area contributed by atoms with Crippen molar-refractivity contribution < 1.29 is 0 Å². The SMILES string of the molecule is C1=CCC(N2C3CCCC[C@H]3C3CC[C@H]4CC[C@@H](N(C5=CC[C@@H]6C(C5)[C@@H]5CCCCC5[C@@H]5CCCC[C@H]65)C5C=C[C@H](C6CCCCC6)CC5)C[C@H]4C32)CC1. The first-order valence-electron chi connectivity index (χ1n) is 25.4. The highest BCUT2D eigenvalue weighted by atomic mass is 15.3. The molecule has 0 radical (unpaired) electrons. The van der Waals surface area contributed by atoms with Crippen molar-refractivity contribution in [2.45, 2.75) is 216 Å². The third-order valence-electron chi connectivity index (χ3n) is 20.2. The fraction of sp³-hybridized carbons (Fsp3) is 0.885. The molecule has 1 saturated heterocycles. The summed E-state index contributed by atoms with van der Waals surface area (Å²) in [5.41, 5.74) is 1.88. The van der Waals surface area contributed by atoms with Gasteiger partial charge in [0, 0.05) is 35.9 Å².